The summed E-state index contributed by atoms with van der Waals surface area (Å²) in [6, 6.07) is 3.44. The molecule has 0 amide bonds. The first-order chi connectivity index (χ1) is 9.32. The summed E-state index contributed by atoms with van der Waals surface area (Å²) in [7, 11) is 1.58. The minimum atomic E-state index is -0.537. The van der Waals surface area contributed by atoms with Gasteiger partial charge in [-0.3, -0.25) is 0 Å². The molecule has 0 saturated carbocycles. The van der Waals surface area contributed by atoms with Crippen LogP contribution in [0.15, 0.2) is 18.2 Å². The van der Waals surface area contributed by atoms with E-state index in [0.29, 0.717) is 6.54 Å². The predicted octanol–water partition coefficient (Wildman–Crippen LogP) is 4.07. The Hall–Kier alpha value is -1.00. The lowest BCUT2D eigenvalue weighted by atomic mass is 9.81. The molecule has 4 heteroatoms. The van der Waals surface area contributed by atoms with Crippen LogP contribution in [0.5, 0.6) is 0 Å². The summed E-state index contributed by atoms with van der Waals surface area (Å²) in [4.78, 5) is 0. The molecule has 2 nitrogen and oxygen atoms in total. The van der Waals surface area contributed by atoms with Gasteiger partial charge in [0.25, 0.3) is 0 Å². The average molecular weight is 285 g/mol. The lowest BCUT2D eigenvalue weighted by Gasteiger charge is -2.37. The van der Waals surface area contributed by atoms with Crippen molar-refractivity contribution in [2.75, 3.05) is 13.7 Å². The van der Waals surface area contributed by atoms with E-state index in [-0.39, 0.29) is 17.1 Å². The van der Waals surface area contributed by atoms with Crippen molar-refractivity contribution in [1.29, 1.82) is 0 Å². The molecule has 1 aromatic rings. The zero-order valence-corrected chi connectivity index (χ0v) is 13.0. The molecule has 0 aliphatic rings. The van der Waals surface area contributed by atoms with E-state index >= 15 is 0 Å². The molecule has 2 atom stereocenters. The van der Waals surface area contributed by atoms with E-state index in [2.05, 4.69) is 5.32 Å². The molecule has 0 heterocycles. The molecule has 114 valence electrons. The maximum atomic E-state index is 14.1. The van der Waals surface area contributed by atoms with Gasteiger partial charge in [-0.1, -0.05) is 33.8 Å². The topological polar surface area (TPSA) is 21.3 Å². The van der Waals surface area contributed by atoms with Crippen molar-refractivity contribution in [2.45, 2.75) is 46.3 Å². The molecule has 0 spiro atoms. The molecule has 20 heavy (non-hydrogen) atoms. The van der Waals surface area contributed by atoms with Crippen molar-refractivity contribution < 1.29 is 13.5 Å². The zero-order chi connectivity index (χ0) is 15.3. The SMILES string of the molecule is CCCNC(c1c(F)cccc1F)C(OC)C(C)(C)C. The largest absolute Gasteiger partial charge is 0.379 e. The molecule has 0 fully saturated rings. The number of hydrogen-bond donors (Lipinski definition) is 1. The molecule has 0 radical (unpaired) electrons. The van der Waals surface area contributed by atoms with Crippen LogP contribution in [0.4, 0.5) is 8.78 Å². The molecule has 0 aliphatic heterocycles. The van der Waals surface area contributed by atoms with Gasteiger partial charge in [-0.2, -0.15) is 0 Å². The maximum absolute atomic E-state index is 14.1. The summed E-state index contributed by atoms with van der Waals surface area (Å²) in [5.41, 5.74) is -0.183. The molecule has 1 aromatic carbocycles. The second kappa shape index (κ2) is 7.14. The van der Waals surface area contributed by atoms with E-state index in [9.17, 15) is 8.78 Å². The molecule has 1 N–H and O–H groups in total. The first-order valence-electron chi connectivity index (χ1n) is 7.03. The van der Waals surface area contributed by atoms with Crippen molar-refractivity contribution >= 4 is 0 Å². The van der Waals surface area contributed by atoms with Gasteiger partial charge in [0, 0.05) is 12.7 Å². The van der Waals surface area contributed by atoms with Crippen molar-refractivity contribution in [3.05, 3.63) is 35.4 Å². The Balaban J connectivity index is 3.24. The van der Waals surface area contributed by atoms with Crippen LogP contribution >= 0.6 is 0 Å². The quantitative estimate of drug-likeness (QED) is 0.851. The molecule has 0 aromatic heterocycles. The van der Waals surface area contributed by atoms with Gasteiger partial charge in [0.15, 0.2) is 0 Å². The number of halogens is 2. The molecule has 2 unspecified atom stereocenters. The maximum Gasteiger partial charge on any atom is 0.131 e. The van der Waals surface area contributed by atoms with Crippen molar-refractivity contribution in [3.8, 4) is 0 Å². The monoisotopic (exact) mass is 285 g/mol. The van der Waals surface area contributed by atoms with E-state index in [1.54, 1.807) is 7.11 Å². The number of hydrogen-bond acceptors (Lipinski definition) is 2. The fourth-order valence-electron chi connectivity index (χ4n) is 2.46. The van der Waals surface area contributed by atoms with Crippen LogP contribution < -0.4 is 5.32 Å². The number of benzene rings is 1. The summed E-state index contributed by atoms with van der Waals surface area (Å²) in [5.74, 6) is -1.07. The number of ether oxygens (including phenoxy) is 1. The highest BCUT2D eigenvalue weighted by Gasteiger charge is 2.35. The molecule has 0 bridgehead atoms. The Morgan fingerprint density at radius 1 is 1.20 bits per heavy atom. The lowest BCUT2D eigenvalue weighted by Crippen LogP contribution is -2.42. The minimum Gasteiger partial charge on any atom is -0.379 e. The van der Waals surface area contributed by atoms with Crippen LogP contribution in [0.2, 0.25) is 0 Å². The summed E-state index contributed by atoms with van der Waals surface area (Å²) >= 11 is 0. The second-order valence-corrected chi connectivity index (χ2v) is 6.09. The highest BCUT2D eigenvalue weighted by molar-refractivity contribution is 5.25. The molecular weight excluding hydrogens is 260 g/mol. The molecule has 1 rings (SSSR count). The van der Waals surface area contributed by atoms with Gasteiger partial charge in [0.1, 0.15) is 11.6 Å². The second-order valence-electron chi connectivity index (χ2n) is 6.09. The van der Waals surface area contributed by atoms with Crippen LogP contribution in [0.25, 0.3) is 0 Å². The number of methoxy groups -OCH3 is 1. The average Bonchev–Trinajstić information content (AvgIpc) is 2.34. The van der Waals surface area contributed by atoms with Crippen LogP contribution in [-0.2, 0) is 4.74 Å². The van der Waals surface area contributed by atoms with E-state index < -0.39 is 17.7 Å². The summed E-state index contributed by atoms with van der Waals surface area (Å²) in [6.07, 6.45) is 0.549. The standard InChI is InChI=1S/C16H25F2NO/c1-6-10-19-14(15(20-5)16(2,3)4)13-11(17)8-7-9-12(13)18/h7-9,14-15,19H,6,10H2,1-5H3. The van der Waals surface area contributed by atoms with Gasteiger partial charge in [0.2, 0.25) is 0 Å². The van der Waals surface area contributed by atoms with Gasteiger partial charge >= 0.3 is 0 Å². The smallest absolute Gasteiger partial charge is 0.131 e. The Morgan fingerprint density at radius 2 is 1.75 bits per heavy atom. The fraction of sp³-hybridized carbons (Fsp3) is 0.625. The van der Waals surface area contributed by atoms with Gasteiger partial charge in [0.05, 0.1) is 12.1 Å². The van der Waals surface area contributed by atoms with Crippen molar-refractivity contribution in [3.63, 3.8) is 0 Å². The van der Waals surface area contributed by atoms with E-state index in [0.717, 1.165) is 6.42 Å². The van der Waals surface area contributed by atoms with Crippen LogP contribution in [0, 0.1) is 17.0 Å². The Bertz CT molecular complexity index is 409. The normalized spacial score (nSPS) is 15.2. The van der Waals surface area contributed by atoms with E-state index in [1.807, 2.05) is 27.7 Å². The van der Waals surface area contributed by atoms with E-state index in [1.165, 1.54) is 18.2 Å². The van der Waals surface area contributed by atoms with E-state index in [4.69, 9.17) is 4.74 Å². The Labute approximate surface area is 120 Å². The van der Waals surface area contributed by atoms with Gasteiger partial charge in [-0.05, 0) is 30.5 Å². The van der Waals surface area contributed by atoms with Crippen LogP contribution in [0.3, 0.4) is 0 Å². The van der Waals surface area contributed by atoms with Crippen molar-refractivity contribution in [2.24, 2.45) is 5.41 Å². The third-order valence-corrected chi connectivity index (χ3v) is 3.34. The Kier molecular flexibility index (Phi) is 6.08. The summed E-state index contributed by atoms with van der Waals surface area (Å²) in [6.45, 7) is 8.69. The Morgan fingerprint density at radius 3 is 2.15 bits per heavy atom. The first kappa shape index (κ1) is 17.1. The third kappa shape index (κ3) is 4.00. The molecule has 0 aliphatic carbocycles. The highest BCUT2D eigenvalue weighted by atomic mass is 19.1. The first-order valence-corrected chi connectivity index (χ1v) is 7.03. The highest BCUT2D eigenvalue weighted by Crippen LogP contribution is 2.34. The number of nitrogens with one attached hydrogen (secondary N) is 1. The number of rotatable bonds is 6. The summed E-state index contributed by atoms with van der Waals surface area (Å²) in [5, 5.41) is 3.22. The lowest BCUT2D eigenvalue weighted by molar-refractivity contribution is -0.0135. The van der Waals surface area contributed by atoms with Crippen LogP contribution in [0.1, 0.15) is 45.7 Å². The van der Waals surface area contributed by atoms with Gasteiger partial charge in [-0.15, -0.1) is 0 Å². The third-order valence-electron chi connectivity index (χ3n) is 3.34. The van der Waals surface area contributed by atoms with Gasteiger partial charge < -0.3 is 10.1 Å². The minimum absolute atomic E-state index is 0.0581. The molecule has 0 saturated heterocycles. The van der Waals surface area contributed by atoms with Crippen LogP contribution in [-0.4, -0.2) is 19.8 Å². The van der Waals surface area contributed by atoms with Gasteiger partial charge in [-0.25, -0.2) is 8.78 Å². The predicted molar refractivity (Wildman–Crippen MR) is 77.6 cm³/mol. The fourth-order valence-corrected chi connectivity index (χ4v) is 2.46. The zero-order valence-electron chi connectivity index (χ0n) is 13.0. The van der Waals surface area contributed by atoms with Crippen molar-refractivity contribution in [1.82, 2.24) is 5.32 Å². The molecular formula is C16H25F2NO. The summed E-state index contributed by atoms with van der Waals surface area (Å²) < 4.78 is 33.7.